The summed E-state index contributed by atoms with van der Waals surface area (Å²) in [4.78, 5) is 4.22. The van der Waals surface area contributed by atoms with Crippen LogP contribution >= 0.6 is 0 Å². The van der Waals surface area contributed by atoms with Crippen molar-refractivity contribution in [2.75, 3.05) is 31.2 Å². The Hall–Kier alpha value is -1.14. The summed E-state index contributed by atoms with van der Waals surface area (Å²) in [5.41, 5.74) is 1.12. The van der Waals surface area contributed by atoms with Gasteiger partial charge in [-0.2, -0.15) is 0 Å². The van der Waals surface area contributed by atoms with E-state index in [0.717, 1.165) is 17.8 Å². The van der Waals surface area contributed by atoms with Gasteiger partial charge in [-0.25, -0.2) is 17.7 Å². The molecule has 6 heteroatoms. The monoisotopic (exact) mass is 271 g/mol. The van der Waals surface area contributed by atoms with Gasteiger partial charge < -0.3 is 5.32 Å². The molecule has 0 aliphatic heterocycles. The topological polar surface area (TPSA) is 62.3 Å². The minimum atomic E-state index is -3.08. The molecule has 0 aromatic carbocycles. The second-order valence-corrected chi connectivity index (χ2v) is 6.24. The fraction of sp³-hybridized carbons (Fsp3) is 0.583. The van der Waals surface area contributed by atoms with Crippen molar-refractivity contribution in [3.05, 3.63) is 23.9 Å². The van der Waals surface area contributed by atoms with E-state index in [2.05, 4.69) is 10.3 Å². The van der Waals surface area contributed by atoms with E-state index >= 15 is 0 Å². The molecular formula is C12H21N3O2S. The van der Waals surface area contributed by atoms with E-state index in [0.29, 0.717) is 19.6 Å². The van der Waals surface area contributed by atoms with Crippen molar-refractivity contribution in [3.63, 3.8) is 0 Å². The molecule has 0 spiro atoms. The highest BCUT2D eigenvalue weighted by Gasteiger charge is 2.12. The van der Waals surface area contributed by atoms with E-state index in [9.17, 15) is 8.42 Å². The Morgan fingerprint density at radius 1 is 1.39 bits per heavy atom. The van der Waals surface area contributed by atoms with Crippen LogP contribution < -0.4 is 5.32 Å². The van der Waals surface area contributed by atoms with Gasteiger partial charge in [0, 0.05) is 25.8 Å². The predicted molar refractivity (Wildman–Crippen MR) is 74.2 cm³/mol. The number of aromatic nitrogens is 1. The Morgan fingerprint density at radius 2 is 2.11 bits per heavy atom. The fourth-order valence-electron chi connectivity index (χ4n) is 1.60. The van der Waals surface area contributed by atoms with Crippen molar-refractivity contribution in [1.82, 2.24) is 9.29 Å². The lowest BCUT2D eigenvalue weighted by Gasteiger charge is -2.17. The van der Waals surface area contributed by atoms with Crippen molar-refractivity contribution < 1.29 is 8.42 Å². The first kappa shape index (κ1) is 14.9. The van der Waals surface area contributed by atoms with Crippen LogP contribution in [0.15, 0.2) is 18.3 Å². The molecule has 102 valence electrons. The molecule has 1 aromatic rings. The largest absolute Gasteiger partial charge is 0.370 e. The molecule has 1 aromatic heterocycles. The van der Waals surface area contributed by atoms with Crippen molar-refractivity contribution in [2.45, 2.75) is 20.3 Å². The van der Waals surface area contributed by atoms with E-state index in [1.54, 1.807) is 6.20 Å². The van der Waals surface area contributed by atoms with Crippen molar-refractivity contribution in [3.8, 4) is 0 Å². The van der Waals surface area contributed by atoms with Crippen LogP contribution in [0.1, 0.15) is 18.9 Å². The number of nitrogens with one attached hydrogen (secondary N) is 1. The highest BCUT2D eigenvalue weighted by molar-refractivity contribution is 7.88. The number of nitrogens with zero attached hydrogens (tertiary/aromatic N) is 2. The van der Waals surface area contributed by atoms with Gasteiger partial charge in [0.25, 0.3) is 0 Å². The number of aryl methyl sites for hydroxylation is 1. The minimum absolute atomic E-state index is 0.515. The van der Waals surface area contributed by atoms with Crippen LogP contribution in [0.4, 0.5) is 5.82 Å². The summed E-state index contributed by atoms with van der Waals surface area (Å²) in [6, 6.07) is 3.91. The van der Waals surface area contributed by atoms with Crippen molar-refractivity contribution in [2.24, 2.45) is 0 Å². The van der Waals surface area contributed by atoms with Crippen molar-refractivity contribution >= 4 is 15.8 Å². The first-order chi connectivity index (χ1) is 8.43. The summed E-state index contributed by atoms with van der Waals surface area (Å²) >= 11 is 0. The summed E-state index contributed by atoms with van der Waals surface area (Å²) < 4.78 is 24.2. The lowest BCUT2D eigenvalue weighted by molar-refractivity contribution is 0.428. The van der Waals surface area contributed by atoms with Gasteiger partial charge in [0.05, 0.1) is 6.26 Å². The fourth-order valence-corrected chi connectivity index (χ4v) is 2.53. The van der Waals surface area contributed by atoms with Crippen LogP contribution in [0, 0.1) is 6.92 Å². The molecule has 0 unspecified atom stereocenters. The van der Waals surface area contributed by atoms with Gasteiger partial charge in [0.1, 0.15) is 5.82 Å². The zero-order chi connectivity index (χ0) is 13.6. The molecule has 1 rings (SSSR count). The van der Waals surface area contributed by atoms with E-state index < -0.39 is 10.0 Å². The zero-order valence-electron chi connectivity index (χ0n) is 11.2. The van der Waals surface area contributed by atoms with E-state index in [1.807, 2.05) is 26.0 Å². The maximum absolute atomic E-state index is 11.4. The molecule has 1 heterocycles. The molecule has 5 nitrogen and oxygen atoms in total. The average Bonchev–Trinajstić information content (AvgIpc) is 2.30. The zero-order valence-corrected chi connectivity index (χ0v) is 12.0. The third kappa shape index (κ3) is 5.01. The van der Waals surface area contributed by atoms with Crippen LogP contribution in [-0.2, 0) is 10.0 Å². The van der Waals surface area contributed by atoms with Crippen molar-refractivity contribution in [1.29, 1.82) is 0 Å². The van der Waals surface area contributed by atoms with Gasteiger partial charge in [0.2, 0.25) is 10.0 Å². The van der Waals surface area contributed by atoms with E-state index in [1.165, 1.54) is 10.6 Å². The summed E-state index contributed by atoms with van der Waals surface area (Å²) in [6.07, 6.45) is 3.80. The lowest BCUT2D eigenvalue weighted by atomic mass is 10.3. The third-order valence-electron chi connectivity index (χ3n) is 2.62. The first-order valence-electron chi connectivity index (χ1n) is 6.05. The summed E-state index contributed by atoms with van der Waals surface area (Å²) in [5.74, 6) is 0.822. The summed E-state index contributed by atoms with van der Waals surface area (Å²) in [5, 5.41) is 3.17. The maximum atomic E-state index is 11.4. The number of sulfonamides is 1. The number of hydrogen-bond acceptors (Lipinski definition) is 4. The lowest BCUT2D eigenvalue weighted by Crippen LogP contribution is -2.31. The molecule has 0 atom stereocenters. The summed E-state index contributed by atoms with van der Waals surface area (Å²) in [6.45, 7) is 5.59. The molecule has 0 aliphatic carbocycles. The molecule has 0 aliphatic rings. The number of rotatable bonds is 7. The second-order valence-electron chi connectivity index (χ2n) is 4.26. The number of anilines is 1. The van der Waals surface area contributed by atoms with Gasteiger partial charge in [-0.3, -0.25) is 0 Å². The Kier molecular flexibility index (Phi) is 5.55. The Morgan fingerprint density at radius 3 is 2.61 bits per heavy atom. The molecule has 0 amide bonds. The predicted octanol–water partition coefficient (Wildman–Crippen LogP) is 1.47. The Bertz CT molecular complexity index is 457. The highest BCUT2D eigenvalue weighted by Crippen LogP contribution is 2.04. The molecule has 0 saturated heterocycles. The summed E-state index contributed by atoms with van der Waals surface area (Å²) in [7, 11) is -3.08. The van der Waals surface area contributed by atoms with Gasteiger partial charge in [-0.1, -0.05) is 13.0 Å². The van der Waals surface area contributed by atoms with Crippen LogP contribution in [0.5, 0.6) is 0 Å². The molecule has 18 heavy (non-hydrogen) atoms. The van der Waals surface area contributed by atoms with Gasteiger partial charge >= 0.3 is 0 Å². The van der Waals surface area contributed by atoms with Gasteiger partial charge in [-0.05, 0) is 25.0 Å². The van der Waals surface area contributed by atoms with Crippen LogP contribution in [0.2, 0.25) is 0 Å². The smallest absolute Gasteiger partial charge is 0.211 e. The Balaban J connectivity index is 2.32. The van der Waals surface area contributed by atoms with E-state index in [4.69, 9.17) is 0 Å². The molecular weight excluding hydrogens is 250 g/mol. The quantitative estimate of drug-likeness (QED) is 0.763. The van der Waals surface area contributed by atoms with Crippen LogP contribution in [0.3, 0.4) is 0 Å². The highest BCUT2D eigenvalue weighted by atomic mass is 32.2. The molecule has 1 N–H and O–H groups in total. The molecule has 0 radical (unpaired) electrons. The number of pyridine rings is 1. The average molecular weight is 271 g/mol. The third-order valence-corrected chi connectivity index (χ3v) is 4.00. The van der Waals surface area contributed by atoms with Crippen LogP contribution in [-0.4, -0.2) is 43.6 Å². The Labute approximate surface area is 109 Å². The van der Waals surface area contributed by atoms with E-state index in [-0.39, 0.29) is 0 Å². The molecule has 0 bridgehead atoms. The first-order valence-corrected chi connectivity index (χ1v) is 7.90. The molecule has 0 fully saturated rings. The minimum Gasteiger partial charge on any atom is -0.370 e. The molecule has 0 saturated carbocycles. The second kappa shape index (κ2) is 6.70. The normalized spacial score (nSPS) is 11.8. The van der Waals surface area contributed by atoms with Gasteiger partial charge in [0.15, 0.2) is 0 Å². The van der Waals surface area contributed by atoms with Crippen LogP contribution in [0.25, 0.3) is 0 Å². The standard InChI is InChI=1S/C12H21N3O2S/c1-4-15(18(3,16)17)9-5-8-13-12-7-6-11(2)10-14-12/h6-7,10H,4-5,8-9H2,1-3H3,(H,13,14). The SMILES string of the molecule is CCN(CCCNc1ccc(C)cn1)S(C)(=O)=O. The maximum Gasteiger partial charge on any atom is 0.211 e. The van der Waals surface area contributed by atoms with Gasteiger partial charge in [-0.15, -0.1) is 0 Å². The number of hydrogen-bond donors (Lipinski definition) is 1.